The molecular formula is C24H25FN4O3S. The average Bonchev–Trinajstić information content (AvgIpc) is 3.23. The van der Waals surface area contributed by atoms with E-state index in [0.717, 1.165) is 24.1 Å². The highest BCUT2D eigenvalue weighted by atomic mass is 32.2. The molecule has 0 aliphatic carbocycles. The van der Waals surface area contributed by atoms with Crippen molar-refractivity contribution in [2.24, 2.45) is 0 Å². The quantitative estimate of drug-likeness (QED) is 0.497. The van der Waals surface area contributed by atoms with Crippen LogP contribution in [0.2, 0.25) is 0 Å². The van der Waals surface area contributed by atoms with Crippen molar-refractivity contribution in [2.75, 3.05) is 17.2 Å². The van der Waals surface area contributed by atoms with Crippen molar-refractivity contribution in [3.05, 3.63) is 77.4 Å². The summed E-state index contributed by atoms with van der Waals surface area (Å²) in [6.07, 6.45) is 3.39. The van der Waals surface area contributed by atoms with Crippen LogP contribution in [-0.2, 0) is 35.7 Å². The van der Waals surface area contributed by atoms with Crippen molar-refractivity contribution in [2.45, 2.75) is 37.7 Å². The number of hydrogen-bond donors (Lipinski definition) is 2. The Balaban J connectivity index is 1.38. The number of aliphatic hydroxyl groups is 1. The fourth-order valence-electron chi connectivity index (χ4n) is 3.80. The minimum atomic E-state index is -0.333. The first-order valence-electron chi connectivity index (χ1n) is 10.7. The molecule has 33 heavy (non-hydrogen) atoms. The topological polar surface area (TPSA) is 87.5 Å². The number of thioether (sulfide) groups is 1. The van der Waals surface area contributed by atoms with Gasteiger partial charge < -0.3 is 19.9 Å². The van der Waals surface area contributed by atoms with Crippen molar-refractivity contribution >= 4 is 29.3 Å². The molecule has 2 aromatic carbocycles. The van der Waals surface area contributed by atoms with Gasteiger partial charge in [0.2, 0.25) is 11.8 Å². The van der Waals surface area contributed by atoms with Crippen molar-refractivity contribution < 1.29 is 19.1 Å². The molecule has 2 amide bonds. The summed E-state index contributed by atoms with van der Waals surface area (Å²) >= 11 is 1.25. The molecule has 0 spiro atoms. The van der Waals surface area contributed by atoms with Crippen molar-refractivity contribution in [3.63, 3.8) is 0 Å². The Morgan fingerprint density at radius 1 is 1.15 bits per heavy atom. The van der Waals surface area contributed by atoms with Crippen LogP contribution in [0.15, 0.2) is 59.9 Å². The number of fused-ring (bicyclic) bond motifs is 1. The fraction of sp³-hybridized carbons (Fsp3) is 0.292. The summed E-state index contributed by atoms with van der Waals surface area (Å²) in [4.78, 5) is 31.5. The van der Waals surface area contributed by atoms with E-state index >= 15 is 0 Å². The highest BCUT2D eigenvalue weighted by Gasteiger charge is 2.23. The van der Waals surface area contributed by atoms with Gasteiger partial charge in [-0.3, -0.25) is 9.59 Å². The number of aryl methyl sites for hydroxylation is 1. The second kappa shape index (κ2) is 10.6. The van der Waals surface area contributed by atoms with Crippen molar-refractivity contribution in [1.82, 2.24) is 14.9 Å². The lowest BCUT2D eigenvalue weighted by atomic mass is 10.0. The lowest BCUT2D eigenvalue weighted by molar-refractivity contribution is -0.122. The minimum absolute atomic E-state index is 0.0204. The van der Waals surface area contributed by atoms with Gasteiger partial charge in [0.1, 0.15) is 12.4 Å². The van der Waals surface area contributed by atoms with Crippen molar-refractivity contribution in [1.29, 1.82) is 0 Å². The van der Waals surface area contributed by atoms with Gasteiger partial charge in [-0.25, -0.2) is 9.37 Å². The second-order valence-corrected chi connectivity index (χ2v) is 8.69. The van der Waals surface area contributed by atoms with Crippen LogP contribution in [0.25, 0.3) is 0 Å². The molecule has 1 aliphatic heterocycles. The maximum atomic E-state index is 13.0. The number of anilines is 1. The Kier molecular flexibility index (Phi) is 7.41. The summed E-state index contributed by atoms with van der Waals surface area (Å²) in [5, 5.41) is 12.9. The second-order valence-electron chi connectivity index (χ2n) is 7.75. The lowest BCUT2D eigenvalue weighted by Crippen LogP contribution is -2.36. The maximum absolute atomic E-state index is 13.0. The van der Waals surface area contributed by atoms with E-state index in [4.69, 9.17) is 0 Å². The minimum Gasteiger partial charge on any atom is -0.390 e. The van der Waals surface area contributed by atoms with E-state index in [2.05, 4.69) is 10.3 Å². The van der Waals surface area contributed by atoms with Crippen LogP contribution in [0.3, 0.4) is 0 Å². The van der Waals surface area contributed by atoms with Gasteiger partial charge >= 0.3 is 0 Å². The van der Waals surface area contributed by atoms with Gasteiger partial charge in [-0.15, -0.1) is 0 Å². The van der Waals surface area contributed by atoms with Crippen LogP contribution in [0, 0.1) is 5.82 Å². The number of nitrogens with zero attached hydrogens (tertiary/aromatic N) is 3. The predicted octanol–water partition coefficient (Wildman–Crippen LogP) is 2.90. The van der Waals surface area contributed by atoms with Gasteiger partial charge in [-0.2, -0.15) is 0 Å². The van der Waals surface area contributed by atoms with E-state index < -0.39 is 0 Å². The Hall–Kier alpha value is -3.17. The largest absolute Gasteiger partial charge is 0.390 e. The number of aliphatic hydroxyl groups excluding tert-OH is 1. The van der Waals surface area contributed by atoms with Gasteiger partial charge in [-0.05, 0) is 42.2 Å². The molecule has 172 valence electrons. The first-order valence-corrected chi connectivity index (χ1v) is 11.7. The monoisotopic (exact) mass is 468 g/mol. The van der Waals surface area contributed by atoms with Crippen LogP contribution in [0.5, 0.6) is 0 Å². The molecule has 0 saturated heterocycles. The van der Waals surface area contributed by atoms with E-state index in [0.29, 0.717) is 17.4 Å². The van der Waals surface area contributed by atoms with Gasteiger partial charge in [0, 0.05) is 18.8 Å². The summed E-state index contributed by atoms with van der Waals surface area (Å²) in [6, 6.07) is 13.8. The molecule has 9 heteroatoms. The Morgan fingerprint density at radius 3 is 2.73 bits per heavy atom. The molecule has 2 N–H and O–H groups in total. The van der Waals surface area contributed by atoms with Gasteiger partial charge in [0.05, 0.1) is 24.3 Å². The van der Waals surface area contributed by atoms with E-state index in [1.54, 1.807) is 16.7 Å². The Bertz CT molecular complexity index is 1130. The number of amides is 2. The molecule has 0 unspecified atom stereocenters. The molecule has 4 rings (SSSR count). The molecule has 0 bridgehead atoms. The smallest absolute Gasteiger partial charge is 0.240 e. The van der Waals surface area contributed by atoms with Gasteiger partial charge in [0.25, 0.3) is 0 Å². The number of benzene rings is 2. The predicted molar refractivity (Wildman–Crippen MR) is 124 cm³/mol. The molecule has 2 heterocycles. The third-order valence-corrected chi connectivity index (χ3v) is 6.48. The molecule has 0 atom stereocenters. The molecule has 0 fully saturated rings. The molecular weight excluding hydrogens is 443 g/mol. The summed E-state index contributed by atoms with van der Waals surface area (Å²) in [6.45, 7) is 0.628. The molecule has 1 aromatic heterocycles. The van der Waals surface area contributed by atoms with E-state index in [1.807, 2.05) is 29.2 Å². The SMILES string of the molecule is O=C(Cn1c(CO)cnc1SCC(=O)N1CCCc2ccccc21)NCc1ccc(F)cc1. The van der Waals surface area contributed by atoms with Crippen LogP contribution >= 0.6 is 11.8 Å². The summed E-state index contributed by atoms with van der Waals surface area (Å²) in [7, 11) is 0. The van der Waals surface area contributed by atoms with Crippen LogP contribution in [0.1, 0.15) is 23.2 Å². The van der Waals surface area contributed by atoms with Gasteiger partial charge in [0.15, 0.2) is 5.16 Å². The zero-order valence-electron chi connectivity index (χ0n) is 18.0. The number of carbonyl (C=O) groups excluding carboxylic acids is 2. The summed E-state index contributed by atoms with van der Waals surface area (Å²) in [5.41, 5.74) is 3.39. The third kappa shape index (κ3) is 5.61. The molecule has 0 radical (unpaired) electrons. The van der Waals surface area contributed by atoms with Crippen LogP contribution < -0.4 is 10.2 Å². The standard InChI is InChI=1S/C24H25FN4O3S/c25-19-9-7-17(8-10-19)12-26-22(31)14-29-20(15-30)13-27-24(29)33-16-23(32)28-11-3-5-18-4-1-2-6-21(18)28/h1-2,4,6-10,13,30H,3,5,11-12,14-16H2,(H,26,31). The van der Waals surface area contributed by atoms with Crippen molar-refractivity contribution in [3.8, 4) is 0 Å². The average molecular weight is 469 g/mol. The highest BCUT2D eigenvalue weighted by molar-refractivity contribution is 7.99. The number of para-hydroxylation sites is 1. The number of carbonyl (C=O) groups is 2. The highest BCUT2D eigenvalue weighted by Crippen LogP contribution is 2.28. The number of nitrogens with one attached hydrogen (secondary N) is 1. The lowest BCUT2D eigenvalue weighted by Gasteiger charge is -2.29. The molecule has 3 aromatic rings. The van der Waals surface area contributed by atoms with E-state index in [9.17, 15) is 19.1 Å². The maximum Gasteiger partial charge on any atom is 0.240 e. The van der Waals surface area contributed by atoms with E-state index in [1.165, 1.54) is 35.7 Å². The van der Waals surface area contributed by atoms with Crippen LogP contribution in [0.4, 0.5) is 10.1 Å². The number of imidazole rings is 1. The Morgan fingerprint density at radius 2 is 1.94 bits per heavy atom. The molecule has 1 aliphatic rings. The fourth-order valence-corrected chi connectivity index (χ4v) is 4.68. The van der Waals surface area contributed by atoms with Gasteiger partial charge in [-0.1, -0.05) is 42.1 Å². The number of aromatic nitrogens is 2. The Labute approximate surface area is 195 Å². The summed E-state index contributed by atoms with van der Waals surface area (Å²) in [5.74, 6) is -0.452. The van der Waals surface area contributed by atoms with Crippen LogP contribution in [-0.4, -0.2) is 38.8 Å². The normalized spacial score (nSPS) is 13.0. The zero-order valence-corrected chi connectivity index (χ0v) is 18.9. The summed E-state index contributed by atoms with van der Waals surface area (Å²) < 4.78 is 14.6. The molecule has 7 nitrogen and oxygen atoms in total. The first kappa shape index (κ1) is 23.0. The number of rotatable bonds is 8. The zero-order chi connectivity index (χ0) is 23.2. The third-order valence-electron chi connectivity index (χ3n) is 5.50. The first-order chi connectivity index (χ1) is 16.0. The number of hydrogen-bond acceptors (Lipinski definition) is 5. The molecule has 0 saturated carbocycles. The number of halogens is 1. The van der Waals surface area contributed by atoms with E-state index in [-0.39, 0.29) is 43.1 Å².